The summed E-state index contributed by atoms with van der Waals surface area (Å²) in [7, 11) is 1.55. The minimum Gasteiger partial charge on any atom is -0.487 e. The first-order chi connectivity index (χ1) is 10.4. The predicted molar refractivity (Wildman–Crippen MR) is 84.4 cm³/mol. The predicted octanol–water partition coefficient (Wildman–Crippen LogP) is 2.61. The van der Waals surface area contributed by atoms with Crippen molar-refractivity contribution < 1.29 is 19.4 Å². The number of para-hydroxylation sites is 1. The van der Waals surface area contributed by atoms with Gasteiger partial charge in [-0.1, -0.05) is 30.7 Å². The van der Waals surface area contributed by atoms with E-state index in [1.165, 1.54) is 4.90 Å². The van der Waals surface area contributed by atoms with Crippen LogP contribution in [0.5, 0.6) is 5.75 Å². The Balaban J connectivity index is 2.45. The van der Waals surface area contributed by atoms with E-state index < -0.39 is 5.97 Å². The lowest BCUT2D eigenvalue weighted by molar-refractivity contribution is -0.137. The quantitative estimate of drug-likeness (QED) is 0.769. The molecule has 2 N–H and O–H groups in total. The maximum absolute atomic E-state index is 11.8. The second kappa shape index (κ2) is 9.15. The second-order valence-electron chi connectivity index (χ2n) is 4.83. The number of nitrogens with one attached hydrogen (secondary N) is 1. The molecule has 22 heavy (non-hydrogen) atoms. The van der Waals surface area contributed by atoms with E-state index in [1.54, 1.807) is 19.2 Å². The van der Waals surface area contributed by atoms with Crippen molar-refractivity contribution in [3.63, 3.8) is 0 Å². The molecule has 0 aliphatic rings. The number of hydrogen-bond donors (Lipinski definition) is 2. The van der Waals surface area contributed by atoms with Crippen LogP contribution in [0.1, 0.15) is 19.8 Å². The molecule has 122 valence electrons. The lowest BCUT2D eigenvalue weighted by Crippen LogP contribution is -2.42. The van der Waals surface area contributed by atoms with Crippen molar-refractivity contribution in [2.75, 3.05) is 20.1 Å². The van der Waals surface area contributed by atoms with Crippen molar-refractivity contribution in [3.8, 4) is 5.75 Å². The van der Waals surface area contributed by atoms with E-state index in [9.17, 15) is 9.59 Å². The van der Waals surface area contributed by atoms with Crippen LogP contribution >= 0.6 is 11.6 Å². The molecule has 1 rings (SSSR count). The van der Waals surface area contributed by atoms with Crippen molar-refractivity contribution >= 4 is 23.6 Å². The van der Waals surface area contributed by atoms with Crippen molar-refractivity contribution in [1.82, 2.24) is 10.2 Å². The molecular weight excluding hydrogens is 308 g/mol. The zero-order valence-corrected chi connectivity index (χ0v) is 13.5. The van der Waals surface area contributed by atoms with Gasteiger partial charge in [-0.25, -0.2) is 4.79 Å². The smallest absolute Gasteiger partial charge is 0.317 e. The van der Waals surface area contributed by atoms with Crippen LogP contribution in [0.25, 0.3) is 0 Å². The number of benzene rings is 1. The summed E-state index contributed by atoms with van der Waals surface area (Å²) in [5, 5.41) is 11.8. The number of hydrogen-bond acceptors (Lipinski definition) is 3. The van der Waals surface area contributed by atoms with E-state index >= 15 is 0 Å². The first-order valence-electron chi connectivity index (χ1n) is 7.06. The molecule has 0 aliphatic carbocycles. The lowest BCUT2D eigenvalue weighted by atomic mass is 10.2. The summed E-state index contributed by atoms with van der Waals surface area (Å²) in [5.74, 6) is -0.363. The number of nitrogens with zero attached hydrogens (tertiary/aromatic N) is 1. The minimum absolute atomic E-state index is 0.0861. The van der Waals surface area contributed by atoms with Gasteiger partial charge >= 0.3 is 12.0 Å². The molecule has 0 spiro atoms. The molecule has 1 aromatic carbocycles. The fraction of sp³-hybridized carbons (Fsp3) is 0.467. The Labute approximate surface area is 135 Å². The van der Waals surface area contributed by atoms with Crippen molar-refractivity contribution in [3.05, 3.63) is 29.3 Å². The summed E-state index contributed by atoms with van der Waals surface area (Å²) < 4.78 is 5.76. The number of halogens is 1. The lowest BCUT2D eigenvalue weighted by Gasteiger charge is -2.21. The van der Waals surface area contributed by atoms with Gasteiger partial charge in [0.05, 0.1) is 18.0 Å². The normalized spacial score (nSPS) is 11.6. The van der Waals surface area contributed by atoms with Gasteiger partial charge in [0.25, 0.3) is 0 Å². The van der Waals surface area contributed by atoms with Crippen LogP contribution < -0.4 is 10.1 Å². The summed E-state index contributed by atoms with van der Waals surface area (Å²) in [5.41, 5.74) is 0. The molecule has 0 saturated heterocycles. The molecule has 1 aromatic rings. The molecule has 0 fully saturated rings. The van der Waals surface area contributed by atoms with Crippen LogP contribution in [-0.4, -0.2) is 48.2 Å². The van der Waals surface area contributed by atoms with Crippen LogP contribution in [0.2, 0.25) is 5.02 Å². The van der Waals surface area contributed by atoms with Gasteiger partial charge in [-0.3, -0.25) is 4.79 Å². The van der Waals surface area contributed by atoms with Gasteiger partial charge in [0.15, 0.2) is 0 Å². The number of ether oxygens (including phenoxy) is 1. The molecule has 0 bridgehead atoms. The topological polar surface area (TPSA) is 78.9 Å². The molecule has 0 heterocycles. The van der Waals surface area contributed by atoms with Crippen LogP contribution in [0, 0.1) is 0 Å². The fourth-order valence-corrected chi connectivity index (χ4v) is 1.87. The first-order valence-corrected chi connectivity index (χ1v) is 7.43. The number of carboxylic acids is 1. The molecule has 2 amide bonds. The first kappa shape index (κ1) is 18.1. The molecule has 1 unspecified atom stereocenters. The van der Waals surface area contributed by atoms with Crippen molar-refractivity contribution in [2.45, 2.75) is 25.9 Å². The van der Waals surface area contributed by atoms with Gasteiger partial charge in [0.1, 0.15) is 11.9 Å². The zero-order chi connectivity index (χ0) is 16.5. The molecule has 7 heteroatoms. The number of urea groups is 1. The van der Waals surface area contributed by atoms with Gasteiger partial charge < -0.3 is 20.1 Å². The Bertz CT molecular complexity index is 510. The van der Waals surface area contributed by atoms with E-state index in [4.69, 9.17) is 21.4 Å². The monoisotopic (exact) mass is 328 g/mol. The van der Waals surface area contributed by atoms with Gasteiger partial charge in [-0.05, 0) is 18.6 Å². The third-order valence-corrected chi connectivity index (χ3v) is 3.39. The van der Waals surface area contributed by atoms with E-state index in [-0.39, 0.29) is 25.1 Å². The fourth-order valence-electron chi connectivity index (χ4n) is 1.69. The maximum atomic E-state index is 11.8. The average molecular weight is 329 g/mol. The molecule has 1 atom stereocenters. The van der Waals surface area contributed by atoms with Crippen LogP contribution in [-0.2, 0) is 4.79 Å². The molecule has 0 saturated carbocycles. The Hall–Kier alpha value is -1.95. The van der Waals surface area contributed by atoms with Gasteiger partial charge in [0.2, 0.25) is 0 Å². The minimum atomic E-state index is -0.937. The number of carbonyl (C=O) groups excluding carboxylic acids is 1. The number of rotatable bonds is 8. The molecule has 0 aliphatic heterocycles. The highest BCUT2D eigenvalue weighted by Gasteiger charge is 2.14. The van der Waals surface area contributed by atoms with Crippen molar-refractivity contribution in [2.24, 2.45) is 0 Å². The summed E-state index contributed by atoms with van der Waals surface area (Å²) in [6.45, 7) is 2.42. The number of carboxylic acid groups (broad SMARTS) is 1. The Morgan fingerprint density at radius 1 is 1.41 bits per heavy atom. The van der Waals surface area contributed by atoms with E-state index in [2.05, 4.69) is 5.32 Å². The molecule has 0 radical (unpaired) electrons. The summed E-state index contributed by atoms with van der Waals surface area (Å²) in [6, 6.07) is 6.82. The van der Waals surface area contributed by atoms with Gasteiger partial charge in [-0.15, -0.1) is 0 Å². The Morgan fingerprint density at radius 3 is 2.68 bits per heavy atom. The zero-order valence-electron chi connectivity index (χ0n) is 12.7. The third-order valence-electron chi connectivity index (χ3n) is 3.07. The number of aliphatic carboxylic acids is 1. The second-order valence-corrected chi connectivity index (χ2v) is 5.24. The van der Waals surface area contributed by atoms with Gasteiger partial charge in [0, 0.05) is 13.6 Å². The summed E-state index contributed by atoms with van der Waals surface area (Å²) >= 11 is 6.03. The highest BCUT2D eigenvalue weighted by Crippen LogP contribution is 2.24. The Kier molecular flexibility index (Phi) is 7.52. The SMILES string of the molecule is CCC(CNC(=O)N(C)CCC(=O)O)Oc1ccccc1Cl. The summed E-state index contributed by atoms with van der Waals surface area (Å²) in [6.07, 6.45) is 0.401. The standard InChI is InChI=1S/C15H21ClN2O4/c1-3-11(22-13-7-5-4-6-12(13)16)10-17-15(21)18(2)9-8-14(19)20/h4-7,11H,3,8-10H2,1-2H3,(H,17,21)(H,19,20). The molecule has 0 aromatic heterocycles. The van der Waals surface area contributed by atoms with E-state index in [0.717, 1.165) is 0 Å². The number of amides is 2. The highest BCUT2D eigenvalue weighted by atomic mass is 35.5. The third kappa shape index (κ3) is 6.22. The number of carbonyl (C=O) groups is 2. The highest BCUT2D eigenvalue weighted by molar-refractivity contribution is 6.32. The van der Waals surface area contributed by atoms with Gasteiger partial charge in [-0.2, -0.15) is 0 Å². The molecular formula is C15H21ClN2O4. The van der Waals surface area contributed by atoms with E-state index in [1.807, 2.05) is 19.1 Å². The van der Waals surface area contributed by atoms with Crippen LogP contribution in [0.4, 0.5) is 4.79 Å². The maximum Gasteiger partial charge on any atom is 0.317 e. The molecule has 6 nitrogen and oxygen atoms in total. The Morgan fingerprint density at radius 2 is 2.09 bits per heavy atom. The largest absolute Gasteiger partial charge is 0.487 e. The van der Waals surface area contributed by atoms with Crippen LogP contribution in [0.3, 0.4) is 0 Å². The van der Waals surface area contributed by atoms with Crippen molar-refractivity contribution in [1.29, 1.82) is 0 Å². The van der Waals surface area contributed by atoms with Crippen LogP contribution in [0.15, 0.2) is 24.3 Å². The average Bonchev–Trinajstić information content (AvgIpc) is 2.50. The summed E-state index contributed by atoms with van der Waals surface area (Å²) in [4.78, 5) is 23.6. The van der Waals surface area contributed by atoms with E-state index in [0.29, 0.717) is 23.7 Å².